The Balaban J connectivity index is 0.000000155. The first-order valence-electron chi connectivity index (χ1n) is 56.0. The number of likely N-dealkylation sites (tertiary alicyclic amines) is 4. The Morgan fingerprint density at radius 3 is 0.721 bits per heavy atom. The van der Waals surface area contributed by atoms with Crippen LogP contribution in [0.4, 0.5) is 23.3 Å². The summed E-state index contributed by atoms with van der Waals surface area (Å²) in [5.41, 5.74) is 26.0. The van der Waals surface area contributed by atoms with Crippen LogP contribution in [0.1, 0.15) is 231 Å². The standard InChI is InChI=1S/2C26H33N5O4.2C24H31N5O4/c2*1-4-21(32)30-11-8-15(9-12-30)18-7-10-28-26-23(25(27)33)24(29-31(18)26)17-13-19(34-2)22(16-5-6-16)20(14-17)35-3;2*1-5-20(30)28-10-7-15(8-11-28)17-6-9-26-24-21(23(25)31)22(27-29(17)24)16-12-18(32-3)14(2)19(13-16)33-4/h2*4,13-16,18,28H,1,5-12H2,2-3H3,(H2,27,33);2*5,12-13,15,17,26H,1,6-11H2,2-4H3,(H2,25,31)/i2*2D3;2D3,3D3,4D3;2D3,3D3. The van der Waals surface area contributed by atoms with Crippen LogP contribution in [0, 0.1) is 37.4 Å². The zero-order valence-electron chi connectivity index (χ0n) is 97.0. The highest BCUT2D eigenvalue weighted by Gasteiger charge is 2.44. The zero-order chi connectivity index (χ0) is 114. The minimum Gasteiger partial charge on any atom is -0.496 e. The molecule has 8 amide bonds. The third-order valence-electron chi connectivity index (χ3n) is 27.7. The predicted molar refractivity (Wildman–Crippen MR) is 517 cm³/mol. The molecule has 12 heterocycles. The Bertz CT molecular complexity index is 6540. The van der Waals surface area contributed by atoms with E-state index in [1.165, 1.54) is 57.8 Å². The van der Waals surface area contributed by atoms with E-state index >= 15 is 0 Å². The summed E-state index contributed by atoms with van der Waals surface area (Å²) in [4.78, 5) is 106. The average molecular weight is 1890 g/mol. The lowest BCUT2D eigenvalue weighted by Crippen LogP contribution is -2.41. The molecule has 8 aliphatic heterocycles. The molecule has 0 spiro atoms. The average Bonchev–Trinajstić information content (AvgIpc) is 1.62. The van der Waals surface area contributed by atoms with Gasteiger partial charge in [-0.2, -0.15) is 20.4 Å². The van der Waals surface area contributed by atoms with Crippen LogP contribution in [0.25, 0.3) is 45.0 Å². The van der Waals surface area contributed by atoms with Crippen molar-refractivity contribution in [2.45, 2.75) is 152 Å². The van der Waals surface area contributed by atoms with E-state index in [2.05, 4.69) is 52.7 Å². The van der Waals surface area contributed by atoms with Gasteiger partial charge in [0.05, 0.1) is 101 Å². The van der Waals surface area contributed by atoms with E-state index in [9.17, 15) is 38.4 Å². The van der Waals surface area contributed by atoms with E-state index in [0.717, 1.165) is 95.6 Å². The monoisotopic (exact) mass is 1890 g/mol. The van der Waals surface area contributed by atoms with Gasteiger partial charge in [-0.1, -0.05) is 26.3 Å². The van der Waals surface area contributed by atoms with E-state index < -0.39 is 101 Å². The largest absolute Gasteiger partial charge is 0.496 e. The number of nitrogens with one attached hydrogen (secondary N) is 4. The quantitative estimate of drug-likeness (QED) is 0.0233. The maximum Gasteiger partial charge on any atom is 0.254 e. The fraction of sp³-hybridized carbons (Fsp3) is 0.480. The predicted octanol–water partition coefficient (Wildman–Crippen LogP) is 12.2. The molecule has 4 atom stereocenters. The smallest absolute Gasteiger partial charge is 0.254 e. The van der Waals surface area contributed by atoms with Crippen molar-refractivity contribution < 1.29 is 105 Å². The van der Waals surface area contributed by atoms with Crippen molar-refractivity contribution >= 4 is 70.5 Å². The number of primary amides is 4. The highest BCUT2D eigenvalue weighted by molar-refractivity contribution is 6.07. The molecule has 0 radical (unpaired) electrons. The molecular weight excluding hydrogens is 1740 g/mol. The zero-order valence-corrected chi connectivity index (χ0v) is 76.0. The maximum absolute atomic E-state index is 12.8. The Kier molecular flexibility index (Phi) is 22.3. The number of piperidine rings is 4. The van der Waals surface area contributed by atoms with E-state index in [1.54, 1.807) is 53.2 Å². The molecule has 8 aromatic rings. The van der Waals surface area contributed by atoms with E-state index in [-0.39, 0.29) is 145 Å². The molecule has 4 aromatic heterocycles. The van der Waals surface area contributed by atoms with Gasteiger partial charge in [-0.25, -0.2) is 18.7 Å². The van der Waals surface area contributed by atoms with Gasteiger partial charge in [-0.15, -0.1) is 0 Å². The fourth-order valence-corrected chi connectivity index (χ4v) is 20.6. The lowest BCUT2D eigenvalue weighted by molar-refractivity contribution is -0.128. The molecule has 2 saturated carbocycles. The number of anilines is 4. The molecule has 6 fully saturated rings. The second-order valence-corrected chi connectivity index (χ2v) is 35.3. The van der Waals surface area contributed by atoms with Crippen LogP contribution < -0.4 is 82.1 Å². The first-order valence-corrected chi connectivity index (χ1v) is 45.5. The van der Waals surface area contributed by atoms with Crippen molar-refractivity contribution in [1.29, 1.82) is 0 Å². The third-order valence-corrected chi connectivity index (χ3v) is 27.7. The first kappa shape index (κ1) is 72.5. The number of hydrogen-bond donors (Lipinski definition) is 8. The topological polar surface area (TPSA) is 447 Å². The van der Waals surface area contributed by atoms with Crippen LogP contribution in [0.3, 0.4) is 0 Å². The molecular formula is C100H128N20O16. The van der Waals surface area contributed by atoms with Gasteiger partial charge in [0.15, 0.2) is 0 Å². The highest BCUT2D eigenvalue weighted by atomic mass is 16.5. The van der Waals surface area contributed by atoms with E-state index in [4.69, 9.17) is 105 Å². The first-order chi connectivity index (χ1) is 73.9. The second-order valence-electron chi connectivity index (χ2n) is 35.3. The van der Waals surface area contributed by atoms with Crippen LogP contribution in [-0.4, -0.2) is 241 Å². The number of carbonyl (C=O) groups is 8. The molecule has 12 N–H and O–H groups in total. The molecule has 36 nitrogen and oxygen atoms in total. The summed E-state index contributed by atoms with van der Waals surface area (Å²) < 4.78 is 211. The summed E-state index contributed by atoms with van der Waals surface area (Å²) >= 11 is 0. The molecule has 4 unspecified atom stereocenters. The number of benzene rings is 4. The molecule has 4 saturated heterocycles. The minimum atomic E-state index is -3.11. The second kappa shape index (κ2) is 41.9. The molecule has 724 valence electrons. The summed E-state index contributed by atoms with van der Waals surface area (Å²) in [6, 6.07) is 11.3. The SMILES string of the molecule is [2H]C([2H])([2H])Oc1cc(-c2nn3c(c2C(N)=O)NCCC3C2CCN(C(=O)C=C)CC2)cc(OC([2H])([2H])[2H])c1C([2H])([2H])[2H].[2H]C([2H])([2H])Oc1cc(-c2nn3c(c2C(N)=O)NCCC3C2CCN(C(=O)C=C)CC2)cc(OC)c1C([2H])([2H])[2H].[2H]C([2H])([2H])Oc1cc(-c2nn3c(c2C(N)=O)NCCC3C2CCN(C(=O)C=C)CC2)cc(OC)c1C1CC1.[2H]C([2H])([2H])Oc1cc(-c2nn3c(c2C(N)=O)NCCC3C2CCN(C(=O)C=C)CC2)cc(OC)c1C1CC1. The van der Waals surface area contributed by atoms with Crippen molar-refractivity contribution in [1.82, 2.24) is 58.7 Å². The normalized spacial score (nSPS) is 22.1. The number of hydrogen-bond acceptors (Lipinski definition) is 24. The highest BCUT2D eigenvalue weighted by Crippen LogP contribution is 2.54. The van der Waals surface area contributed by atoms with Gasteiger partial charge in [0.25, 0.3) is 23.6 Å². The van der Waals surface area contributed by atoms with Crippen molar-refractivity contribution in [3.05, 3.63) is 144 Å². The van der Waals surface area contributed by atoms with Crippen molar-refractivity contribution in [3.63, 3.8) is 0 Å². The summed E-state index contributed by atoms with van der Waals surface area (Å²) in [6.07, 6.45) is 18.0. The van der Waals surface area contributed by atoms with E-state index in [0.29, 0.717) is 166 Å². The van der Waals surface area contributed by atoms with Crippen molar-refractivity contribution in [3.8, 4) is 91.0 Å². The van der Waals surface area contributed by atoms with E-state index in [1.807, 2.05) is 9.36 Å². The van der Waals surface area contributed by atoms with Gasteiger partial charge in [0.1, 0.15) is 114 Å². The summed E-state index contributed by atoms with van der Waals surface area (Å²) in [6.45, 7) is 15.6. The summed E-state index contributed by atoms with van der Waals surface area (Å²) in [7, 11) is -10.2. The molecule has 18 rings (SSSR count). The molecule has 10 aliphatic rings. The van der Waals surface area contributed by atoms with Gasteiger partial charge in [-0.3, -0.25) is 38.4 Å². The Labute approximate surface area is 821 Å². The van der Waals surface area contributed by atoms with Crippen molar-refractivity contribution in [2.75, 3.05) is 156 Å². The Morgan fingerprint density at radius 2 is 0.529 bits per heavy atom. The number of aromatic nitrogens is 8. The number of nitrogens with two attached hydrogens (primary N) is 4. The maximum atomic E-state index is 12.8. The van der Waals surface area contributed by atoms with Gasteiger partial charge in [0.2, 0.25) is 23.6 Å². The van der Waals surface area contributed by atoms with Crippen LogP contribution in [-0.2, 0) is 19.2 Å². The summed E-state index contributed by atoms with van der Waals surface area (Å²) in [5, 5.41) is 32.1. The van der Waals surface area contributed by atoms with Gasteiger partial charge in [0, 0.05) is 131 Å². The number of ether oxygens (including phenoxy) is 8. The number of nitrogens with zero attached hydrogens (tertiary/aromatic N) is 12. The number of rotatable bonds is 26. The molecule has 2 aliphatic carbocycles. The number of amides is 8. The Morgan fingerprint density at radius 1 is 0.324 bits per heavy atom. The van der Waals surface area contributed by atoms with Crippen LogP contribution in [0.15, 0.2) is 99.2 Å². The van der Waals surface area contributed by atoms with Crippen LogP contribution >= 0.6 is 0 Å². The van der Waals surface area contributed by atoms with Gasteiger partial charge in [-0.05, 0) is 225 Å². The fourth-order valence-electron chi connectivity index (χ4n) is 20.6. The number of methoxy groups -OCH3 is 8. The lowest BCUT2D eigenvalue weighted by Gasteiger charge is -2.38. The third kappa shape index (κ3) is 19.4. The lowest BCUT2D eigenvalue weighted by atomic mass is 9.87. The van der Waals surface area contributed by atoms with Crippen LogP contribution in [0.2, 0.25) is 0 Å². The molecule has 136 heavy (non-hydrogen) atoms. The minimum absolute atomic E-state index is 0.0183. The molecule has 36 heteroatoms. The van der Waals surface area contributed by atoms with Crippen molar-refractivity contribution in [2.24, 2.45) is 46.6 Å². The molecule has 0 bridgehead atoms. The Hall–Kier alpha value is -14.0. The van der Waals surface area contributed by atoms with Gasteiger partial charge < -0.3 is 102 Å². The number of fused-ring (bicyclic) bond motifs is 4. The van der Waals surface area contributed by atoms with Crippen LogP contribution in [0.5, 0.6) is 46.0 Å². The van der Waals surface area contributed by atoms with Gasteiger partial charge >= 0.3 is 0 Å². The number of carbonyl (C=O) groups excluding carboxylic acids is 8. The summed E-state index contributed by atoms with van der Waals surface area (Å²) in [5.74, 6) is -0.885. The molecule has 4 aromatic carbocycles.